The molecule has 3 heterocycles. The van der Waals surface area contributed by atoms with Gasteiger partial charge in [0.15, 0.2) is 0 Å². The molecule has 0 radical (unpaired) electrons. The number of tetrazole rings is 1. The monoisotopic (exact) mass is 523 g/mol. The molecule has 37 heavy (non-hydrogen) atoms. The van der Waals surface area contributed by atoms with E-state index in [2.05, 4.69) is 25.6 Å². The Morgan fingerprint density at radius 2 is 2.05 bits per heavy atom. The van der Waals surface area contributed by atoms with Gasteiger partial charge in [0.25, 0.3) is 5.69 Å². The first-order chi connectivity index (χ1) is 17.8. The molecule has 3 aromatic heterocycles. The van der Waals surface area contributed by atoms with Gasteiger partial charge in [0.1, 0.15) is 11.5 Å². The third-order valence-electron chi connectivity index (χ3n) is 6.28. The van der Waals surface area contributed by atoms with Crippen molar-refractivity contribution in [3.8, 4) is 11.3 Å². The first kappa shape index (κ1) is 24.5. The molecule has 0 spiro atoms. The lowest BCUT2D eigenvalue weighted by atomic mass is 9.98. The van der Waals surface area contributed by atoms with Crippen molar-refractivity contribution in [2.24, 2.45) is 12.8 Å². The van der Waals surface area contributed by atoms with Crippen molar-refractivity contribution in [3.05, 3.63) is 69.4 Å². The number of hydrogen-bond donors (Lipinski definition) is 1. The minimum Gasteiger partial charge on any atom is -0.366 e. The fourth-order valence-electron chi connectivity index (χ4n) is 4.51. The zero-order valence-corrected chi connectivity index (χ0v) is 20.6. The van der Waals surface area contributed by atoms with Crippen molar-refractivity contribution in [1.29, 1.82) is 0 Å². The number of primary amides is 1. The van der Waals surface area contributed by atoms with Gasteiger partial charge in [-0.25, -0.2) is 9.07 Å². The molecule has 0 unspecified atom stereocenters. The van der Waals surface area contributed by atoms with Crippen LogP contribution in [0, 0.1) is 15.9 Å². The van der Waals surface area contributed by atoms with Crippen molar-refractivity contribution in [2.45, 2.75) is 48.2 Å². The fraction of sp³-hybridized carbons (Fsp3) is 0.304. The third-order valence-corrected chi connectivity index (χ3v) is 7.40. The standard InChI is InChI=1S/C23H22FN9O3S/c1-31-11-13(9-27-31)12-32-23(28-29-30-32)37-21-17(7-16(33(35)36)8-18(21)22(25)34)20-19(24)6-15(10-26-20)14-4-2-3-5-14/h6-11,14H,2-5,12H2,1H3,(H2,25,34). The largest absolute Gasteiger partial charge is 0.366 e. The van der Waals surface area contributed by atoms with E-state index < -0.39 is 22.3 Å². The summed E-state index contributed by atoms with van der Waals surface area (Å²) in [6.07, 6.45) is 9.14. The van der Waals surface area contributed by atoms with Crippen molar-refractivity contribution in [3.63, 3.8) is 0 Å². The molecule has 4 aromatic rings. The molecule has 0 saturated heterocycles. The van der Waals surface area contributed by atoms with Crippen LogP contribution in [0.2, 0.25) is 0 Å². The van der Waals surface area contributed by atoms with Gasteiger partial charge in [-0.2, -0.15) is 5.10 Å². The molecule has 1 aliphatic rings. The van der Waals surface area contributed by atoms with Crippen LogP contribution in [0.3, 0.4) is 0 Å². The second kappa shape index (κ2) is 10.0. The topological polar surface area (TPSA) is 161 Å². The Morgan fingerprint density at radius 1 is 1.27 bits per heavy atom. The molecular weight excluding hydrogens is 501 g/mol. The Labute approximate surface area is 214 Å². The number of nitrogens with two attached hydrogens (primary N) is 1. The van der Waals surface area contributed by atoms with E-state index in [1.807, 2.05) is 0 Å². The zero-order chi connectivity index (χ0) is 26.1. The molecule has 0 aliphatic heterocycles. The number of rotatable bonds is 8. The highest BCUT2D eigenvalue weighted by atomic mass is 32.2. The summed E-state index contributed by atoms with van der Waals surface area (Å²) in [4.78, 5) is 27.9. The number of benzene rings is 1. The van der Waals surface area contributed by atoms with Crippen LogP contribution in [0.25, 0.3) is 11.3 Å². The third kappa shape index (κ3) is 5.05. The van der Waals surface area contributed by atoms with E-state index in [0.717, 1.165) is 54.6 Å². The van der Waals surface area contributed by atoms with Crippen LogP contribution >= 0.6 is 11.8 Å². The Hall–Kier alpha value is -4.20. The quantitative estimate of drug-likeness (QED) is 0.269. The second-order valence-corrected chi connectivity index (χ2v) is 9.79. The highest BCUT2D eigenvalue weighted by Crippen LogP contribution is 2.41. The molecule has 14 heteroatoms. The molecular formula is C23H22FN9O3S. The summed E-state index contributed by atoms with van der Waals surface area (Å²) in [6.45, 7) is 0.278. The first-order valence-corrected chi connectivity index (χ1v) is 12.3. The number of amides is 1. The van der Waals surface area contributed by atoms with E-state index in [-0.39, 0.29) is 39.3 Å². The number of non-ortho nitro benzene ring substituents is 1. The van der Waals surface area contributed by atoms with Gasteiger partial charge in [0, 0.05) is 47.6 Å². The highest BCUT2D eigenvalue weighted by molar-refractivity contribution is 7.99. The summed E-state index contributed by atoms with van der Waals surface area (Å²) in [5.74, 6) is -1.33. The Kier molecular flexibility index (Phi) is 6.65. The van der Waals surface area contributed by atoms with Gasteiger partial charge in [-0.1, -0.05) is 12.8 Å². The molecule has 0 bridgehead atoms. The van der Waals surface area contributed by atoms with Gasteiger partial charge in [0.05, 0.1) is 23.2 Å². The number of aromatic nitrogens is 7. The lowest BCUT2D eigenvalue weighted by Gasteiger charge is -2.15. The number of nitrogens with zero attached hydrogens (tertiary/aromatic N) is 8. The maximum Gasteiger partial charge on any atom is 0.270 e. The normalized spacial score (nSPS) is 13.8. The number of carbonyl (C=O) groups excluding carboxylic acids is 1. The molecule has 2 N–H and O–H groups in total. The van der Waals surface area contributed by atoms with Crippen molar-refractivity contribution >= 4 is 23.4 Å². The summed E-state index contributed by atoms with van der Waals surface area (Å²) < 4.78 is 18.6. The van der Waals surface area contributed by atoms with E-state index in [4.69, 9.17) is 5.73 Å². The lowest BCUT2D eigenvalue weighted by molar-refractivity contribution is -0.384. The number of pyridine rings is 1. The molecule has 5 rings (SSSR count). The van der Waals surface area contributed by atoms with E-state index in [1.165, 1.54) is 16.8 Å². The first-order valence-electron chi connectivity index (χ1n) is 11.5. The van der Waals surface area contributed by atoms with Crippen LogP contribution in [0.4, 0.5) is 10.1 Å². The van der Waals surface area contributed by atoms with Crippen LogP contribution < -0.4 is 5.73 Å². The van der Waals surface area contributed by atoms with Crippen LogP contribution in [-0.2, 0) is 13.6 Å². The predicted molar refractivity (Wildman–Crippen MR) is 130 cm³/mol. The minimum absolute atomic E-state index is 0.0550. The van der Waals surface area contributed by atoms with Gasteiger partial charge in [0.2, 0.25) is 11.1 Å². The molecule has 1 fully saturated rings. The summed E-state index contributed by atoms with van der Waals surface area (Å²) in [5, 5.41) is 27.8. The van der Waals surface area contributed by atoms with Crippen molar-refractivity contribution in [1.82, 2.24) is 35.0 Å². The molecule has 1 aromatic carbocycles. The molecule has 1 aliphatic carbocycles. The van der Waals surface area contributed by atoms with Gasteiger partial charge in [-0.15, -0.1) is 5.10 Å². The maximum absolute atomic E-state index is 15.5. The Bertz CT molecular complexity index is 1500. The summed E-state index contributed by atoms with van der Waals surface area (Å²) in [5.41, 5.74) is 6.58. The Balaban J connectivity index is 1.61. The van der Waals surface area contributed by atoms with E-state index in [0.29, 0.717) is 0 Å². The molecule has 0 atom stereocenters. The predicted octanol–water partition coefficient (Wildman–Crippen LogP) is 3.47. The van der Waals surface area contributed by atoms with Crippen molar-refractivity contribution in [2.75, 3.05) is 0 Å². The minimum atomic E-state index is -0.915. The number of carbonyl (C=O) groups is 1. The zero-order valence-electron chi connectivity index (χ0n) is 19.7. The maximum atomic E-state index is 15.5. The van der Waals surface area contributed by atoms with Crippen LogP contribution in [0.15, 0.2) is 46.8 Å². The van der Waals surface area contributed by atoms with Crippen molar-refractivity contribution < 1.29 is 14.1 Å². The highest BCUT2D eigenvalue weighted by Gasteiger charge is 2.27. The number of aryl methyl sites for hydroxylation is 1. The number of halogens is 1. The summed E-state index contributed by atoms with van der Waals surface area (Å²) in [7, 11) is 1.78. The van der Waals surface area contributed by atoms with Crippen LogP contribution in [0.5, 0.6) is 0 Å². The average Bonchev–Trinajstić information content (AvgIpc) is 3.63. The summed E-state index contributed by atoms with van der Waals surface area (Å²) >= 11 is 0.952. The van der Waals surface area contributed by atoms with Gasteiger partial charge < -0.3 is 5.73 Å². The fourth-order valence-corrected chi connectivity index (χ4v) is 5.51. The summed E-state index contributed by atoms with van der Waals surface area (Å²) in [6, 6.07) is 3.67. The number of nitro benzene ring substituents is 1. The molecule has 12 nitrogen and oxygen atoms in total. The van der Waals surface area contributed by atoms with Gasteiger partial charge in [-0.05, 0) is 52.6 Å². The van der Waals surface area contributed by atoms with E-state index >= 15 is 4.39 Å². The van der Waals surface area contributed by atoms with E-state index in [9.17, 15) is 14.9 Å². The second-order valence-electron chi connectivity index (χ2n) is 8.82. The Morgan fingerprint density at radius 3 is 2.70 bits per heavy atom. The molecule has 1 amide bonds. The van der Waals surface area contributed by atoms with Gasteiger partial charge in [-0.3, -0.25) is 24.6 Å². The van der Waals surface area contributed by atoms with Gasteiger partial charge >= 0.3 is 0 Å². The van der Waals surface area contributed by atoms with Crippen LogP contribution in [-0.4, -0.2) is 45.8 Å². The SMILES string of the molecule is Cn1cc(Cn2nnnc2Sc2c(C(N)=O)cc([N+](=O)[O-])cc2-c2ncc(C3CCCC3)cc2F)cn1. The molecule has 1 saturated carbocycles. The van der Waals surface area contributed by atoms with Crippen LogP contribution in [0.1, 0.15) is 53.1 Å². The number of nitro groups is 1. The molecule has 190 valence electrons. The number of hydrogen-bond acceptors (Lipinski definition) is 9. The average molecular weight is 524 g/mol. The smallest absolute Gasteiger partial charge is 0.270 e. The lowest BCUT2D eigenvalue weighted by Crippen LogP contribution is -2.14. The van der Waals surface area contributed by atoms with E-state index in [1.54, 1.807) is 30.3 Å².